The van der Waals surface area contributed by atoms with Gasteiger partial charge in [0.05, 0.1) is 11.0 Å². The van der Waals surface area contributed by atoms with Gasteiger partial charge in [0.2, 0.25) is 0 Å². The van der Waals surface area contributed by atoms with Crippen LogP contribution in [-0.4, -0.2) is 11.0 Å². The first-order chi connectivity index (χ1) is 6.32. The van der Waals surface area contributed by atoms with Crippen LogP contribution in [0.25, 0.3) is 0 Å². The summed E-state index contributed by atoms with van der Waals surface area (Å²) >= 11 is 5.29. The molecule has 0 amide bonds. The second-order valence-corrected chi connectivity index (χ2v) is 2.74. The molecule has 0 saturated heterocycles. The largest absolute Gasteiger partial charge is 0.545 e. The van der Waals surface area contributed by atoms with Crippen molar-refractivity contribution in [2.45, 2.75) is 6.18 Å². The minimum atomic E-state index is -4.70. The topological polar surface area (TPSA) is 53.0 Å². The molecule has 0 saturated carbocycles. The van der Waals surface area contributed by atoms with Gasteiger partial charge in [0, 0.05) is 11.8 Å². The molecule has 0 fully saturated rings. The van der Waals surface area contributed by atoms with Crippen LogP contribution in [0.15, 0.2) is 12.3 Å². The Morgan fingerprint density at radius 2 is 2.07 bits per heavy atom. The second-order valence-electron chi connectivity index (χ2n) is 2.33. The third-order valence-corrected chi connectivity index (χ3v) is 1.67. The van der Waals surface area contributed by atoms with Crippen molar-refractivity contribution in [3.8, 4) is 0 Å². The Labute approximate surface area is 81.1 Å². The highest BCUT2D eigenvalue weighted by atomic mass is 35.5. The monoisotopic (exact) mass is 224 g/mol. The number of carbonyl (C=O) groups excluding carboxylic acids is 1. The number of aromatic carboxylic acids is 1. The number of hydrogen-bond donors (Lipinski definition) is 0. The molecule has 0 bridgehead atoms. The van der Waals surface area contributed by atoms with E-state index in [0.717, 1.165) is 0 Å². The summed E-state index contributed by atoms with van der Waals surface area (Å²) in [5.74, 6) is -1.78. The first-order valence-electron chi connectivity index (χ1n) is 3.26. The van der Waals surface area contributed by atoms with Gasteiger partial charge in [0.15, 0.2) is 0 Å². The molecule has 0 aliphatic rings. The summed E-state index contributed by atoms with van der Waals surface area (Å²) in [5.41, 5.74) is -2.05. The van der Waals surface area contributed by atoms with Crippen molar-refractivity contribution >= 4 is 17.6 Å². The summed E-state index contributed by atoms with van der Waals surface area (Å²) in [5, 5.41) is 9.92. The lowest BCUT2D eigenvalue weighted by atomic mass is 10.2. The van der Waals surface area contributed by atoms with Crippen molar-refractivity contribution < 1.29 is 23.1 Å². The quantitative estimate of drug-likeness (QED) is 0.718. The summed E-state index contributed by atoms with van der Waals surface area (Å²) < 4.78 is 36.1. The zero-order valence-electron chi connectivity index (χ0n) is 6.43. The molecule has 0 aliphatic carbocycles. The third-order valence-electron chi connectivity index (χ3n) is 1.37. The molecular weight excluding hydrogens is 223 g/mol. The molecule has 0 atom stereocenters. The van der Waals surface area contributed by atoms with Gasteiger partial charge in [0.25, 0.3) is 0 Å². The maximum atomic E-state index is 12.0. The van der Waals surface area contributed by atoms with Gasteiger partial charge in [-0.1, -0.05) is 11.6 Å². The lowest BCUT2D eigenvalue weighted by Crippen LogP contribution is -2.23. The Hall–Kier alpha value is -1.30. The first kappa shape index (κ1) is 10.8. The third kappa shape index (κ3) is 2.14. The van der Waals surface area contributed by atoms with Gasteiger partial charge in [0.1, 0.15) is 5.69 Å². The molecule has 0 N–H and O–H groups in total. The van der Waals surface area contributed by atoms with Crippen LogP contribution in [0.2, 0.25) is 5.02 Å². The van der Waals surface area contributed by atoms with Crippen LogP contribution in [0.1, 0.15) is 16.1 Å². The fraction of sp³-hybridized carbons (Fsp3) is 0.143. The van der Waals surface area contributed by atoms with E-state index in [1.807, 2.05) is 0 Å². The zero-order chi connectivity index (χ0) is 10.9. The number of alkyl halides is 3. The highest BCUT2D eigenvalue weighted by molar-refractivity contribution is 6.33. The van der Waals surface area contributed by atoms with E-state index in [9.17, 15) is 23.1 Å². The van der Waals surface area contributed by atoms with Gasteiger partial charge in [-0.2, -0.15) is 13.2 Å². The summed E-state index contributed by atoms with van der Waals surface area (Å²) in [7, 11) is 0. The summed E-state index contributed by atoms with van der Waals surface area (Å²) in [4.78, 5) is 13.3. The fourth-order valence-corrected chi connectivity index (χ4v) is 0.931. The lowest BCUT2D eigenvalue weighted by Gasteiger charge is -2.09. The van der Waals surface area contributed by atoms with Gasteiger partial charge < -0.3 is 9.90 Å². The molecule has 1 rings (SSSR count). The number of nitrogens with zero attached hydrogens (tertiary/aromatic N) is 1. The van der Waals surface area contributed by atoms with Crippen LogP contribution in [0.3, 0.4) is 0 Å². The predicted octanol–water partition coefficient (Wildman–Crippen LogP) is 1.12. The average molecular weight is 225 g/mol. The number of carbonyl (C=O) groups is 1. The molecule has 76 valence electrons. The highest BCUT2D eigenvalue weighted by Crippen LogP contribution is 2.29. The van der Waals surface area contributed by atoms with Crippen LogP contribution >= 0.6 is 11.6 Å². The molecule has 3 nitrogen and oxygen atoms in total. The van der Waals surface area contributed by atoms with Crippen molar-refractivity contribution in [2.75, 3.05) is 0 Å². The van der Waals surface area contributed by atoms with Crippen LogP contribution in [0.4, 0.5) is 13.2 Å². The second kappa shape index (κ2) is 3.45. The molecule has 0 radical (unpaired) electrons. The van der Waals surface area contributed by atoms with E-state index in [4.69, 9.17) is 11.6 Å². The Kier molecular flexibility index (Phi) is 2.66. The lowest BCUT2D eigenvalue weighted by molar-refractivity contribution is -0.255. The summed E-state index contributed by atoms with van der Waals surface area (Å²) in [6.45, 7) is 0. The van der Waals surface area contributed by atoms with Gasteiger partial charge in [-0.25, -0.2) is 0 Å². The van der Waals surface area contributed by atoms with E-state index in [2.05, 4.69) is 4.98 Å². The van der Waals surface area contributed by atoms with E-state index >= 15 is 0 Å². The van der Waals surface area contributed by atoms with E-state index in [-0.39, 0.29) is 0 Å². The Balaban J connectivity index is 3.27. The predicted molar refractivity (Wildman–Crippen MR) is 38.6 cm³/mol. The molecular formula is C7H2ClF3NO2-. The molecule has 1 aromatic heterocycles. The van der Waals surface area contributed by atoms with Crippen LogP contribution in [0.5, 0.6) is 0 Å². The molecule has 7 heteroatoms. The minimum Gasteiger partial charge on any atom is -0.545 e. The Bertz CT molecular complexity index is 378. The van der Waals surface area contributed by atoms with Crippen LogP contribution in [0, 0.1) is 0 Å². The normalized spacial score (nSPS) is 11.4. The smallest absolute Gasteiger partial charge is 0.433 e. The highest BCUT2D eigenvalue weighted by Gasteiger charge is 2.32. The van der Waals surface area contributed by atoms with Gasteiger partial charge in [-0.05, 0) is 6.07 Å². The van der Waals surface area contributed by atoms with Crippen molar-refractivity contribution in [3.05, 3.63) is 28.5 Å². The van der Waals surface area contributed by atoms with E-state index in [1.54, 1.807) is 0 Å². The molecule has 1 heterocycles. The maximum absolute atomic E-state index is 12.0. The van der Waals surface area contributed by atoms with Crippen molar-refractivity contribution in [1.82, 2.24) is 4.98 Å². The molecule has 14 heavy (non-hydrogen) atoms. The first-order valence-corrected chi connectivity index (χ1v) is 3.64. The summed E-state index contributed by atoms with van der Waals surface area (Å²) in [6.07, 6.45) is -4.08. The SMILES string of the molecule is O=C([O-])c1cc(C(F)(F)F)ncc1Cl. The fourth-order valence-electron chi connectivity index (χ4n) is 0.750. The number of carboxylic acids is 1. The van der Waals surface area contributed by atoms with Crippen molar-refractivity contribution in [3.63, 3.8) is 0 Å². The Morgan fingerprint density at radius 3 is 2.50 bits per heavy atom. The standard InChI is InChI=1S/C7H3ClF3NO2/c8-4-2-12-5(7(9,10)11)1-3(4)6(13)14/h1-2H,(H,13,14)/p-1. The van der Waals surface area contributed by atoms with Crippen LogP contribution < -0.4 is 5.11 Å². The van der Waals surface area contributed by atoms with E-state index in [1.165, 1.54) is 0 Å². The minimum absolute atomic E-state index is 0.331. The molecule has 0 aromatic carbocycles. The van der Waals surface area contributed by atoms with Gasteiger partial charge in [-0.3, -0.25) is 4.98 Å². The molecule has 1 aromatic rings. The number of aromatic nitrogens is 1. The zero-order valence-corrected chi connectivity index (χ0v) is 7.19. The number of pyridine rings is 1. The summed E-state index contributed by atoms with van der Waals surface area (Å²) in [6, 6.07) is 0.331. The van der Waals surface area contributed by atoms with Crippen molar-refractivity contribution in [1.29, 1.82) is 0 Å². The number of halogens is 4. The number of rotatable bonds is 1. The van der Waals surface area contributed by atoms with Gasteiger partial charge >= 0.3 is 6.18 Å². The molecule has 0 unspecified atom stereocenters. The molecule has 0 aliphatic heterocycles. The number of carboxylic acid groups (broad SMARTS) is 1. The van der Waals surface area contributed by atoms with Crippen LogP contribution in [-0.2, 0) is 6.18 Å². The van der Waals surface area contributed by atoms with E-state index in [0.29, 0.717) is 12.3 Å². The number of hydrogen-bond acceptors (Lipinski definition) is 3. The Morgan fingerprint density at radius 1 is 1.50 bits per heavy atom. The van der Waals surface area contributed by atoms with Crippen molar-refractivity contribution in [2.24, 2.45) is 0 Å². The molecule has 0 spiro atoms. The van der Waals surface area contributed by atoms with Gasteiger partial charge in [-0.15, -0.1) is 0 Å². The average Bonchev–Trinajstić information content (AvgIpc) is 2.02. The van der Waals surface area contributed by atoms with E-state index < -0.39 is 28.4 Å². The maximum Gasteiger partial charge on any atom is 0.433 e.